The number of imide groups is 1. The molecule has 0 aromatic heterocycles. The Labute approximate surface area is 110 Å². The van der Waals surface area contributed by atoms with Crippen molar-refractivity contribution in [2.75, 3.05) is 13.7 Å². The Morgan fingerprint density at radius 1 is 1.21 bits per heavy atom. The second-order valence-corrected chi connectivity index (χ2v) is 4.99. The van der Waals surface area contributed by atoms with Crippen LogP contribution in [0.1, 0.15) is 25.7 Å². The number of carbonyl (C=O) groups is 3. The fourth-order valence-corrected chi connectivity index (χ4v) is 2.59. The predicted molar refractivity (Wildman–Crippen MR) is 64.6 cm³/mol. The minimum atomic E-state index is -0.612. The maximum atomic E-state index is 12.3. The Kier molecular flexibility index (Phi) is 2.65. The summed E-state index contributed by atoms with van der Waals surface area (Å²) in [5.74, 6) is -0.364. The average Bonchev–Trinajstić information content (AvgIpc) is 2.72. The number of urea groups is 2. The number of carbonyl (C=O) groups excluding carboxylic acids is 3. The van der Waals surface area contributed by atoms with E-state index in [0.29, 0.717) is 0 Å². The van der Waals surface area contributed by atoms with Gasteiger partial charge >= 0.3 is 12.1 Å². The molecule has 1 saturated heterocycles. The molecule has 0 radical (unpaired) electrons. The predicted octanol–water partition coefficient (Wildman–Crippen LogP) is 0.324. The number of hydrogen-bond donors (Lipinski definition) is 1. The van der Waals surface area contributed by atoms with Crippen LogP contribution in [-0.4, -0.2) is 52.4 Å². The maximum Gasteiger partial charge on any atom is 0.347 e. The third-order valence-electron chi connectivity index (χ3n) is 3.67. The van der Waals surface area contributed by atoms with Crippen molar-refractivity contribution in [3.05, 3.63) is 0 Å². The van der Waals surface area contributed by atoms with Crippen molar-refractivity contribution in [3.8, 4) is 0 Å². The van der Waals surface area contributed by atoms with Crippen LogP contribution in [0.25, 0.3) is 0 Å². The summed E-state index contributed by atoms with van der Waals surface area (Å²) in [6, 6.07) is -1.09. The van der Waals surface area contributed by atoms with E-state index >= 15 is 0 Å². The summed E-state index contributed by atoms with van der Waals surface area (Å²) in [6.07, 6.45) is 3.63. The molecule has 0 spiro atoms. The summed E-state index contributed by atoms with van der Waals surface area (Å²) in [5, 5.41) is 8.70. The van der Waals surface area contributed by atoms with Crippen LogP contribution in [0.5, 0.6) is 0 Å². The molecule has 102 valence electrons. The van der Waals surface area contributed by atoms with Crippen LogP contribution < -0.4 is 5.32 Å². The van der Waals surface area contributed by atoms with Crippen LogP contribution in [0.15, 0.2) is 5.10 Å². The van der Waals surface area contributed by atoms with Crippen LogP contribution in [0.4, 0.5) is 9.59 Å². The summed E-state index contributed by atoms with van der Waals surface area (Å²) < 4.78 is 0. The molecule has 1 atom stereocenters. The Balaban J connectivity index is 1.82. The van der Waals surface area contributed by atoms with Gasteiger partial charge in [-0.25, -0.2) is 9.59 Å². The molecular formula is C11H15N5O3. The molecule has 2 aliphatic heterocycles. The van der Waals surface area contributed by atoms with Gasteiger partial charge in [0.2, 0.25) is 0 Å². The zero-order valence-corrected chi connectivity index (χ0v) is 10.6. The molecule has 19 heavy (non-hydrogen) atoms. The fourth-order valence-electron chi connectivity index (χ4n) is 2.59. The minimum absolute atomic E-state index is 0.0277. The SMILES string of the molecule is CN1CN(N2N=C3CCCCC3C2=O)C(=O)NC1=O. The van der Waals surface area contributed by atoms with E-state index in [9.17, 15) is 14.4 Å². The average molecular weight is 265 g/mol. The normalized spacial score (nSPS) is 27.4. The number of fused-ring (bicyclic) bond motifs is 1. The standard InChI is InChI=1S/C11H15N5O3/c1-14-6-15(11(19)12-10(14)18)16-9(17)7-4-2-3-5-8(7)13-16/h7H,2-6H2,1H3,(H,12,18,19). The van der Waals surface area contributed by atoms with E-state index in [1.807, 2.05) is 0 Å². The van der Waals surface area contributed by atoms with Crippen molar-refractivity contribution in [2.45, 2.75) is 25.7 Å². The molecular weight excluding hydrogens is 250 g/mol. The van der Waals surface area contributed by atoms with Crippen LogP contribution >= 0.6 is 0 Å². The van der Waals surface area contributed by atoms with E-state index in [0.717, 1.165) is 41.5 Å². The van der Waals surface area contributed by atoms with Gasteiger partial charge in [0, 0.05) is 7.05 Å². The van der Waals surface area contributed by atoms with E-state index in [1.165, 1.54) is 4.90 Å². The molecule has 8 heteroatoms. The second-order valence-electron chi connectivity index (χ2n) is 4.99. The van der Waals surface area contributed by atoms with Crippen molar-refractivity contribution >= 4 is 23.7 Å². The summed E-state index contributed by atoms with van der Waals surface area (Å²) in [6.45, 7) is 0.0277. The molecule has 1 unspecified atom stereocenters. The van der Waals surface area contributed by atoms with E-state index in [4.69, 9.17) is 0 Å². The first-order valence-electron chi connectivity index (χ1n) is 6.33. The van der Waals surface area contributed by atoms with Gasteiger partial charge in [0.25, 0.3) is 5.91 Å². The highest BCUT2D eigenvalue weighted by atomic mass is 16.2. The summed E-state index contributed by atoms with van der Waals surface area (Å²) in [5.41, 5.74) is 0.851. The van der Waals surface area contributed by atoms with Crippen LogP contribution in [0.3, 0.4) is 0 Å². The van der Waals surface area contributed by atoms with Gasteiger partial charge in [-0.05, 0) is 19.3 Å². The van der Waals surface area contributed by atoms with E-state index in [-0.39, 0.29) is 18.5 Å². The monoisotopic (exact) mass is 265 g/mol. The first-order valence-corrected chi connectivity index (χ1v) is 6.33. The number of amides is 5. The number of nitrogens with zero attached hydrogens (tertiary/aromatic N) is 4. The second kappa shape index (κ2) is 4.22. The molecule has 1 saturated carbocycles. The lowest BCUT2D eigenvalue weighted by Gasteiger charge is -2.35. The summed E-state index contributed by atoms with van der Waals surface area (Å²) in [4.78, 5) is 36.7. The molecule has 1 aliphatic carbocycles. The molecule has 1 N–H and O–H groups in total. The fraction of sp³-hybridized carbons (Fsp3) is 0.636. The van der Waals surface area contributed by atoms with Crippen molar-refractivity contribution in [1.29, 1.82) is 0 Å². The molecule has 0 bridgehead atoms. The zero-order chi connectivity index (χ0) is 13.6. The highest BCUT2D eigenvalue weighted by molar-refractivity contribution is 6.09. The van der Waals surface area contributed by atoms with Gasteiger partial charge in [-0.3, -0.25) is 10.1 Å². The number of hydrazine groups is 1. The molecule has 3 rings (SSSR count). The van der Waals surface area contributed by atoms with E-state index in [1.54, 1.807) is 7.05 Å². The Morgan fingerprint density at radius 2 is 2.00 bits per heavy atom. The smallest absolute Gasteiger partial charge is 0.308 e. The first kappa shape index (κ1) is 11.9. The summed E-state index contributed by atoms with van der Waals surface area (Å²) in [7, 11) is 1.55. The molecule has 8 nitrogen and oxygen atoms in total. The highest BCUT2D eigenvalue weighted by Crippen LogP contribution is 2.30. The number of nitrogens with one attached hydrogen (secondary N) is 1. The van der Waals surface area contributed by atoms with Gasteiger partial charge in [-0.1, -0.05) is 6.42 Å². The lowest BCUT2D eigenvalue weighted by Crippen LogP contribution is -2.62. The quantitative estimate of drug-likeness (QED) is 0.741. The molecule has 2 heterocycles. The van der Waals surface area contributed by atoms with E-state index < -0.39 is 12.1 Å². The summed E-state index contributed by atoms with van der Waals surface area (Å²) >= 11 is 0. The number of rotatable bonds is 1. The lowest BCUT2D eigenvalue weighted by atomic mass is 9.88. The molecule has 0 aromatic rings. The van der Waals surface area contributed by atoms with Gasteiger partial charge in [-0.2, -0.15) is 10.1 Å². The molecule has 5 amide bonds. The van der Waals surface area contributed by atoms with Gasteiger partial charge in [0.05, 0.1) is 11.6 Å². The van der Waals surface area contributed by atoms with Crippen molar-refractivity contribution in [3.63, 3.8) is 0 Å². The Hall–Kier alpha value is -2.12. The van der Waals surface area contributed by atoms with Gasteiger partial charge in [0.15, 0.2) is 0 Å². The lowest BCUT2D eigenvalue weighted by molar-refractivity contribution is -0.146. The van der Waals surface area contributed by atoms with Gasteiger partial charge in [-0.15, -0.1) is 5.12 Å². The molecule has 2 fully saturated rings. The van der Waals surface area contributed by atoms with Gasteiger partial charge in [0.1, 0.15) is 6.67 Å². The topological polar surface area (TPSA) is 85.3 Å². The Bertz CT molecular complexity index is 489. The third kappa shape index (κ3) is 1.83. The third-order valence-corrected chi connectivity index (χ3v) is 3.67. The van der Waals surface area contributed by atoms with E-state index in [2.05, 4.69) is 10.4 Å². The molecule has 3 aliphatic rings. The van der Waals surface area contributed by atoms with Crippen molar-refractivity contribution in [1.82, 2.24) is 20.3 Å². The highest BCUT2D eigenvalue weighted by Gasteiger charge is 2.43. The van der Waals surface area contributed by atoms with Crippen molar-refractivity contribution < 1.29 is 14.4 Å². The largest absolute Gasteiger partial charge is 0.347 e. The van der Waals surface area contributed by atoms with Crippen LogP contribution in [-0.2, 0) is 4.79 Å². The minimum Gasteiger partial charge on any atom is -0.308 e. The number of hydrogen-bond acceptors (Lipinski definition) is 4. The van der Waals surface area contributed by atoms with Crippen molar-refractivity contribution in [2.24, 2.45) is 11.0 Å². The maximum absolute atomic E-state index is 12.3. The van der Waals surface area contributed by atoms with Gasteiger partial charge < -0.3 is 4.90 Å². The Morgan fingerprint density at radius 3 is 2.74 bits per heavy atom. The number of hydrazone groups is 1. The zero-order valence-electron chi connectivity index (χ0n) is 10.6. The van der Waals surface area contributed by atoms with Crippen LogP contribution in [0.2, 0.25) is 0 Å². The van der Waals surface area contributed by atoms with Crippen LogP contribution in [0, 0.1) is 5.92 Å². The first-order chi connectivity index (χ1) is 9.08. The molecule has 0 aromatic carbocycles.